The van der Waals surface area contributed by atoms with Crippen molar-refractivity contribution in [3.8, 4) is 11.1 Å². The van der Waals surface area contributed by atoms with Gasteiger partial charge in [0.2, 0.25) is 0 Å². The molecule has 34 heavy (non-hydrogen) atoms. The van der Waals surface area contributed by atoms with Gasteiger partial charge in [0, 0.05) is 37.8 Å². The molecule has 2 aliphatic carbocycles. The van der Waals surface area contributed by atoms with Crippen molar-refractivity contribution >= 4 is 17.9 Å². The van der Waals surface area contributed by atoms with Gasteiger partial charge < -0.3 is 5.32 Å². The van der Waals surface area contributed by atoms with E-state index in [1.54, 1.807) is 31.7 Å². The number of amides is 2. The highest BCUT2D eigenvalue weighted by Crippen LogP contribution is 2.54. The fourth-order valence-electron chi connectivity index (χ4n) is 4.54. The van der Waals surface area contributed by atoms with Gasteiger partial charge >= 0.3 is 0 Å². The van der Waals surface area contributed by atoms with Crippen LogP contribution in [0.3, 0.4) is 0 Å². The van der Waals surface area contributed by atoms with E-state index in [0.717, 1.165) is 40.7 Å². The van der Waals surface area contributed by atoms with Gasteiger partial charge in [-0.05, 0) is 88.9 Å². The maximum absolute atomic E-state index is 12.8. The van der Waals surface area contributed by atoms with Crippen LogP contribution < -0.4 is 5.32 Å². The lowest BCUT2D eigenvalue weighted by Crippen LogP contribution is -2.27. The second kappa shape index (κ2) is 9.19. The predicted molar refractivity (Wildman–Crippen MR) is 128 cm³/mol. The molecule has 2 aliphatic rings. The Morgan fingerprint density at radius 3 is 2.68 bits per heavy atom. The fraction of sp³-hybridized carbons (Fsp3) is 0.259. The summed E-state index contributed by atoms with van der Waals surface area (Å²) in [5, 5.41) is 4.18. The average Bonchev–Trinajstić information content (AvgIpc) is 3.66. The van der Waals surface area contributed by atoms with Crippen LogP contribution in [0.1, 0.15) is 45.9 Å². The Morgan fingerprint density at radius 2 is 1.88 bits per heavy atom. The first-order chi connectivity index (χ1) is 16.5. The molecule has 2 atom stereocenters. The minimum absolute atomic E-state index is 0.108. The van der Waals surface area contributed by atoms with Crippen molar-refractivity contribution in [1.29, 1.82) is 0 Å². The van der Waals surface area contributed by atoms with Crippen LogP contribution in [0.25, 0.3) is 17.2 Å². The van der Waals surface area contributed by atoms with E-state index in [0.29, 0.717) is 24.1 Å². The van der Waals surface area contributed by atoms with Crippen molar-refractivity contribution in [3.63, 3.8) is 0 Å². The topological polar surface area (TPSA) is 84.4 Å². The van der Waals surface area contributed by atoms with Gasteiger partial charge in [0.1, 0.15) is 5.69 Å². The van der Waals surface area contributed by atoms with Crippen LogP contribution in [-0.4, -0.2) is 41.0 Å². The molecular weight excluding hydrogens is 428 g/mol. The highest BCUT2D eigenvalue weighted by atomic mass is 16.7. The zero-order chi connectivity index (χ0) is 23.7. The van der Waals surface area contributed by atoms with Gasteiger partial charge in [-0.15, -0.1) is 0 Å². The number of hydroxylamine groups is 2. The Morgan fingerprint density at radius 1 is 1.09 bits per heavy atom. The van der Waals surface area contributed by atoms with Gasteiger partial charge in [-0.25, -0.2) is 5.06 Å². The van der Waals surface area contributed by atoms with E-state index in [4.69, 9.17) is 4.84 Å². The van der Waals surface area contributed by atoms with E-state index in [2.05, 4.69) is 33.5 Å². The first-order valence-corrected chi connectivity index (χ1v) is 11.3. The number of aromatic nitrogens is 2. The molecule has 2 aromatic heterocycles. The summed E-state index contributed by atoms with van der Waals surface area (Å²) in [6.07, 6.45) is 8.90. The Kier molecular flexibility index (Phi) is 5.94. The molecule has 172 valence electrons. The molecule has 5 rings (SSSR count). The quantitative estimate of drug-likeness (QED) is 0.570. The highest BCUT2D eigenvalue weighted by molar-refractivity contribution is 5.98. The van der Waals surface area contributed by atoms with Gasteiger partial charge in [-0.1, -0.05) is 12.1 Å². The van der Waals surface area contributed by atoms with Crippen molar-refractivity contribution in [2.24, 2.45) is 5.92 Å². The summed E-state index contributed by atoms with van der Waals surface area (Å²) in [5.41, 5.74) is 6.30. The van der Waals surface area contributed by atoms with Crippen LogP contribution in [0.15, 0.2) is 66.6 Å². The maximum Gasteiger partial charge on any atom is 0.273 e. The number of fused-ring (bicyclic) bond motifs is 3. The SMILES string of the molecule is CON(C)C(=O)C1=Cc2cc(-c3ccnc(C(=O)NCc4ccncc4)c3)ccc2C2CC2C1. The number of benzene rings is 1. The number of hydrogen-bond donors (Lipinski definition) is 1. The number of nitrogens with zero attached hydrogens (tertiary/aromatic N) is 3. The molecular formula is C27H26N4O3. The smallest absolute Gasteiger partial charge is 0.273 e. The number of pyridine rings is 2. The molecule has 0 radical (unpaired) electrons. The molecule has 0 aliphatic heterocycles. The van der Waals surface area contributed by atoms with E-state index in [9.17, 15) is 9.59 Å². The van der Waals surface area contributed by atoms with Crippen LogP contribution in [0.2, 0.25) is 0 Å². The minimum atomic E-state index is -0.232. The number of likely N-dealkylation sites (N-methyl/N-ethyl adjacent to an activating group) is 1. The molecule has 1 aromatic carbocycles. The van der Waals surface area contributed by atoms with Crippen molar-refractivity contribution in [2.45, 2.75) is 25.3 Å². The molecule has 7 nitrogen and oxygen atoms in total. The highest BCUT2D eigenvalue weighted by Gasteiger charge is 2.42. The van der Waals surface area contributed by atoms with Crippen LogP contribution >= 0.6 is 0 Å². The summed E-state index contributed by atoms with van der Waals surface area (Å²) >= 11 is 0. The summed E-state index contributed by atoms with van der Waals surface area (Å²) in [5.74, 6) is 0.655. The maximum atomic E-state index is 12.8. The minimum Gasteiger partial charge on any atom is -0.347 e. The lowest BCUT2D eigenvalue weighted by molar-refractivity contribution is -0.164. The second-order valence-electron chi connectivity index (χ2n) is 8.77. The van der Waals surface area contributed by atoms with Crippen LogP contribution in [-0.2, 0) is 16.2 Å². The summed E-state index contributed by atoms with van der Waals surface area (Å²) in [6, 6.07) is 13.8. The van der Waals surface area contributed by atoms with E-state index in [-0.39, 0.29) is 11.8 Å². The van der Waals surface area contributed by atoms with Gasteiger partial charge in [0.05, 0.1) is 7.11 Å². The predicted octanol–water partition coefficient (Wildman–Crippen LogP) is 3.98. The summed E-state index contributed by atoms with van der Waals surface area (Å²) in [4.78, 5) is 38.8. The van der Waals surface area contributed by atoms with Crippen molar-refractivity contribution in [1.82, 2.24) is 20.3 Å². The third-order valence-electron chi connectivity index (χ3n) is 6.58. The van der Waals surface area contributed by atoms with E-state index >= 15 is 0 Å². The standard InChI is InChI=1S/C27H26N4O3/c1-31(34-2)27(33)22-12-20-11-18(3-4-23(20)24-14-21(24)13-22)19-7-10-29-25(15-19)26(32)30-16-17-5-8-28-9-6-17/h3-12,15,21,24H,13-14,16H2,1-2H3,(H,30,32). The monoisotopic (exact) mass is 454 g/mol. The van der Waals surface area contributed by atoms with Gasteiger partial charge in [-0.2, -0.15) is 0 Å². The molecule has 0 bridgehead atoms. The van der Waals surface area contributed by atoms with Crippen LogP contribution in [0.4, 0.5) is 0 Å². The molecule has 2 unspecified atom stereocenters. The Hall–Kier alpha value is -3.84. The number of hydrogen-bond acceptors (Lipinski definition) is 5. The molecule has 2 heterocycles. The summed E-state index contributed by atoms with van der Waals surface area (Å²) in [6.45, 7) is 0.409. The molecule has 1 saturated carbocycles. The molecule has 3 aromatic rings. The zero-order valence-corrected chi connectivity index (χ0v) is 19.2. The van der Waals surface area contributed by atoms with Gasteiger partial charge in [-0.3, -0.25) is 24.4 Å². The average molecular weight is 455 g/mol. The van der Waals surface area contributed by atoms with Crippen LogP contribution in [0.5, 0.6) is 0 Å². The molecule has 7 heteroatoms. The Labute approximate surface area is 198 Å². The van der Waals surface area contributed by atoms with Crippen molar-refractivity contribution < 1.29 is 14.4 Å². The van der Waals surface area contributed by atoms with Crippen LogP contribution in [0, 0.1) is 5.92 Å². The lowest BCUT2D eigenvalue weighted by Gasteiger charge is -2.16. The lowest BCUT2D eigenvalue weighted by atomic mass is 9.96. The molecule has 2 amide bonds. The first-order valence-electron chi connectivity index (χ1n) is 11.3. The normalized spacial score (nSPS) is 18.1. The first kappa shape index (κ1) is 22.0. The van der Waals surface area contributed by atoms with Gasteiger partial charge in [0.15, 0.2) is 0 Å². The third-order valence-corrected chi connectivity index (χ3v) is 6.58. The second-order valence-corrected chi connectivity index (χ2v) is 8.77. The molecule has 0 saturated heterocycles. The summed E-state index contributed by atoms with van der Waals surface area (Å²) < 4.78 is 0. The number of carbonyl (C=O) groups is 2. The van der Waals surface area contributed by atoms with E-state index in [1.165, 1.54) is 17.7 Å². The van der Waals surface area contributed by atoms with E-state index < -0.39 is 0 Å². The van der Waals surface area contributed by atoms with Gasteiger partial charge in [0.25, 0.3) is 11.8 Å². The van der Waals surface area contributed by atoms with Crippen molar-refractivity contribution in [2.75, 3.05) is 14.2 Å². The number of carbonyl (C=O) groups excluding carboxylic acids is 2. The number of nitrogens with one attached hydrogen (secondary N) is 1. The molecule has 1 N–H and O–H groups in total. The van der Waals surface area contributed by atoms with Crippen molar-refractivity contribution in [3.05, 3.63) is 89.0 Å². The number of rotatable bonds is 6. The largest absolute Gasteiger partial charge is 0.347 e. The third kappa shape index (κ3) is 4.47. The molecule has 1 fully saturated rings. The fourth-order valence-corrected chi connectivity index (χ4v) is 4.54. The molecule has 0 spiro atoms. The zero-order valence-electron chi connectivity index (χ0n) is 19.2. The Balaban J connectivity index is 1.40. The Bertz CT molecular complexity index is 1270. The van der Waals surface area contributed by atoms with E-state index in [1.807, 2.05) is 24.3 Å². The summed E-state index contributed by atoms with van der Waals surface area (Å²) in [7, 11) is 3.13.